The van der Waals surface area contributed by atoms with E-state index in [0.717, 1.165) is 21.1 Å². The molecule has 0 saturated carbocycles. The van der Waals surface area contributed by atoms with Gasteiger partial charge in [0.1, 0.15) is 5.75 Å². The number of carbonyl (C=O) groups excluding carboxylic acids is 2. The third kappa shape index (κ3) is 5.58. The Bertz CT molecular complexity index is 939. The minimum atomic E-state index is -0.199. The molecule has 7 heteroatoms. The fraction of sp³-hybridized carbons (Fsp3) is 0.304. The number of para-hydroxylation sites is 1. The first-order chi connectivity index (χ1) is 14.5. The quantitative estimate of drug-likeness (QED) is 0.466. The first-order valence-corrected chi connectivity index (χ1v) is 10.9. The summed E-state index contributed by atoms with van der Waals surface area (Å²) in [6.07, 6.45) is 4.52. The smallest absolute Gasteiger partial charge is 0.308 e. The maximum atomic E-state index is 12.5. The van der Waals surface area contributed by atoms with Crippen LogP contribution < -0.4 is 4.74 Å². The van der Waals surface area contributed by atoms with Crippen molar-refractivity contribution in [2.24, 2.45) is 5.92 Å². The number of rotatable bonds is 6. The Kier molecular flexibility index (Phi) is 7.82. The van der Waals surface area contributed by atoms with Crippen molar-refractivity contribution in [1.29, 1.82) is 0 Å². The Morgan fingerprint density at radius 3 is 2.53 bits per heavy atom. The van der Waals surface area contributed by atoms with Crippen LogP contribution in [0, 0.1) is 5.92 Å². The molecule has 30 heavy (non-hydrogen) atoms. The van der Waals surface area contributed by atoms with E-state index in [9.17, 15) is 9.59 Å². The molecular formula is C23H24ClNO4S. The van der Waals surface area contributed by atoms with E-state index in [4.69, 9.17) is 21.1 Å². The number of carbonyl (C=O) groups is 2. The predicted molar refractivity (Wildman–Crippen MR) is 119 cm³/mol. The van der Waals surface area contributed by atoms with Gasteiger partial charge in [0.2, 0.25) is 5.91 Å². The molecule has 1 aliphatic heterocycles. The van der Waals surface area contributed by atoms with E-state index >= 15 is 0 Å². The highest BCUT2D eigenvalue weighted by Crippen LogP contribution is 2.36. The normalized spacial score (nSPS) is 14.7. The number of amides is 1. The lowest BCUT2D eigenvalue weighted by Gasteiger charge is -2.29. The minimum absolute atomic E-state index is 0.0816. The number of hydrogen-bond donors (Lipinski definition) is 0. The van der Waals surface area contributed by atoms with Gasteiger partial charge in [-0.05, 0) is 48.7 Å². The summed E-state index contributed by atoms with van der Waals surface area (Å²) in [6.45, 7) is 1.09. The SMILES string of the molecule is COC(=O)C1CCN(C(=O)/C=C/c2ccc(Sc3ccccc3OC)cc2Cl)CC1. The molecule has 0 atom stereocenters. The fourth-order valence-corrected chi connectivity index (χ4v) is 4.58. The van der Waals surface area contributed by atoms with Crippen LogP contribution in [-0.4, -0.2) is 44.1 Å². The molecule has 0 spiro atoms. The molecule has 0 aliphatic carbocycles. The van der Waals surface area contributed by atoms with Gasteiger partial charge in [-0.25, -0.2) is 0 Å². The lowest BCUT2D eigenvalue weighted by Crippen LogP contribution is -2.39. The third-order valence-corrected chi connectivity index (χ3v) is 6.39. The number of nitrogens with zero attached hydrogens (tertiary/aromatic N) is 1. The summed E-state index contributed by atoms with van der Waals surface area (Å²) >= 11 is 8.00. The Hall–Kier alpha value is -2.44. The molecule has 1 heterocycles. The number of esters is 1. The van der Waals surface area contributed by atoms with Crippen LogP contribution in [0.15, 0.2) is 58.3 Å². The van der Waals surface area contributed by atoms with E-state index in [1.54, 1.807) is 29.8 Å². The first-order valence-electron chi connectivity index (χ1n) is 9.67. The lowest BCUT2D eigenvalue weighted by molar-refractivity contribution is -0.148. The van der Waals surface area contributed by atoms with Gasteiger partial charge in [0.15, 0.2) is 0 Å². The second kappa shape index (κ2) is 10.5. The number of likely N-dealkylation sites (tertiary alicyclic amines) is 1. The van der Waals surface area contributed by atoms with Crippen molar-refractivity contribution in [3.63, 3.8) is 0 Å². The van der Waals surface area contributed by atoms with E-state index in [-0.39, 0.29) is 17.8 Å². The second-order valence-electron chi connectivity index (χ2n) is 6.89. The molecule has 2 aromatic carbocycles. The number of piperidine rings is 1. The minimum Gasteiger partial charge on any atom is -0.496 e. The summed E-state index contributed by atoms with van der Waals surface area (Å²) in [5.41, 5.74) is 0.777. The predicted octanol–water partition coefficient (Wildman–Crippen LogP) is 4.92. The van der Waals surface area contributed by atoms with Gasteiger partial charge in [-0.1, -0.05) is 41.6 Å². The molecular weight excluding hydrogens is 422 g/mol. The second-order valence-corrected chi connectivity index (χ2v) is 8.41. The zero-order chi connectivity index (χ0) is 21.5. The molecule has 5 nitrogen and oxygen atoms in total. The third-order valence-electron chi connectivity index (χ3n) is 5.02. The topological polar surface area (TPSA) is 55.8 Å². The van der Waals surface area contributed by atoms with Crippen LogP contribution in [0.2, 0.25) is 5.02 Å². The van der Waals surface area contributed by atoms with Gasteiger partial charge >= 0.3 is 5.97 Å². The summed E-state index contributed by atoms with van der Waals surface area (Å²) in [5, 5.41) is 0.573. The first kappa shape index (κ1) is 22.2. The van der Waals surface area contributed by atoms with Crippen LogP contribution in [0.25, 0.3) is 6.08 Å². The highest BCUT2D eigenvalue weighted by atomic mass is 35.5. The summed E-state index contributed by atoms with van der Waals surface area (Å²) in [4.78, 5) is 27.8. The highest BCUT2D eigenvalue weighted by Gasteiger charge is 2.27. The van der Waals surface area contributed by atoms with Crippen LogP contribution in [0.1, 0.15) is 18.4 Å². The number of methoxy groups -OCH3 is 2. The van der Waals surface area contributed by atoms with Crippen molar-refractivity contribution in [3.8, 4) is 5.75 Å². The molecule has 2 aromatic rings. The van der Waals surface area contributed by atoms with E-state index in [0.29, 0.717) is 31.0 Å². The number of hydrogen-bond acceptors (Lipinski definition) is 5. The van der Waals surface area contributed by atoms with Gasteiger partial charge in [-0.15, -0.1) is 0 Å². The number of ether oxygens (including phenoxy) is 2. The molecule has 1 fully saturated rings. The standard InChI is InChI=1S/C23H24ClNO4S/c1-28-20-5-3-4-6-21(20)30-18-9-7-16(19(24)15-18)8-10-22(26)25-13-11-17(12-14-25)23(27)29-2/h3-10,15,17H,11-14H2,1-2H3/b10-8+. The summed E-state index contributed by atoms with van der Waals surface area (Å²) in [5.74, 6) is 0.410. The zero-order valence-electron chi connectivity index (χ0n) is 17.0. The molecule has 1 saturated heterocycles. The highest BCUT2D eigenvalue weighted by molar-refractivity contribution is 7.99. The Balaban J connectivity index is 1.61. The average molecular weight is 446 g/mol. The maximum absolute atomic E-state index is 12.5. The van der Waals surface area contributed by atoms with Crippen molar-refractivity contribution >= 4 is 41.3 Å². The van der Waals surface area contributed by atoms with Crippen molar-refractivity contribution < 1.29 is 19.1 Å². The van der Waals surface area contributed by atoms with E-state index in [2.05, 4.69) is 0 Å². The van der Waals surface area contributed by atoms with Gasteiger partial charge in [-0.3, -0.25) is 9.59 Å². The largest absolute Gasteiger partial charge is 0.496 e. The molecule has 158 valence electrons. The summed E-state index contributed by atoms with van der Waals surface area (Å²) in [7, 11) is 3.04. The van der Waals surface area contributed by atoms with E-state index < -0.39 is 0 Å². The van der Waals surface area contributed by atoms with Crippen LogP contribution in [0.5, 0.6) is 5.75 Å². The van der Waals surface area contributed by atoms with Gasteiger partial charge in [0.05, 0.1) is 25.0 Å². The molecule has 0 bridgehead atoms. The van der Waals surface area contributed by atoms with Gasteiger partial charge in [0, 0.05) is 29.1 Å². The summed E-state index contributed by atoms with van der Waals surface area (Å²) in [6, 6.07) is 13.5. The number of halogens is 1. The molecule has 1 aliphatic rings. The van der Waals surface area contributed by atoms with Gasteiger partial charge < -0.3 is 14.4 Å². The van der Waals surface area contributed by atoms with Gasteiger partial charge in [0.25, 0.3) is 0 Å². The summed E-state index contributed by atoms with van der Waals surface area (Å²) < 4.78 is 10.2. The van der Waals surface area contributed by atoms with Crippen LogP contribution in [0.4, 0.5) is 0 Å². The van der Waals surface area contributed by atoms with Crippen molar-refractivity contribution in [2.75, 3.05) is 27.3 Å². The Morgan fingerprint density at radius 2 is 1.87 bits per heavy atom. The average Bonchev–Trinajstić information content (AvgIpc) is 2.78. The van der Waals surface area contributed by atoms with Crippen LogP contribution in [0.3, 0.4) is 0 Å². The monoisotopic (exact) mass is 445 g/mol. The Labute approximate surface area is 186 Å². The van der Waals surface area contributed by atoms with Gasteiger partial charge in [-0.2, -0.15) is 0 Å². The fourth-order valence-electron chi connectivity index (χ4n) is 3.31. The lowest BCUT2D eigenvalue weighted by atomic mass is 9.97. The molecule has 1 amide bonds. The van der Waals surface area contributed by atoms with Crippen molar-refractivity contribution in [1.82, 2.24) is 4.90 Å². The van der Waals surface area contributed by atoms with E-state index in [1.807, 2.05) is 42.5 Å². The number of benzene rings is 2. The van der Waals surface area contributed by atoms with E-state index in [1.165, 1.54) is 13.2 Å². The van der Waals surface area contributed by atoms with Crippen molar-refractivity contribution in [2.45, 2.75) is 22.6 Å². The molecule has 0 unspecified atom stereocenters. The molecule has 0 N–H and O–H groups in total. The van der Waals surface area contributed by atoms with Crippen molar-refractivity contribution in [3.05, 3.63) is 59.1 Å². The maximum Gasteiger partial charge on any atom is 0.308 e. The molecule has 0 radical (unpaired) electrons. The Morgan fingerprint density at radius 1 is 1.13 bits per heavy atom. The van der Waals surface area contributed by atoms with Crippen LogP contribution >= 0.6 is 23.4 Å². The zero-order valence-corrected chi connectivity index (χ0v) is 18.5. The van der Waals surface area contributed by atoms with Crippen LogP contribution in [-0.2, 0) is 14.3 Å². The molecule has 3 rings (SSSR count). The molecule has 0 aromatic heterocycles.